The average Bonchev–Trinajstić information content (AvgIpc) is 2.66. The molecular weight excluding hydrogens is 511 g/mol. The molecule has 0 aliphatic rings. The van der Waals surface area contributed by atoms with Crippen LogP contribution in [0.1, 0.15) is 25.8 Å². The van der Waals surface area contributed by atoms with Crippen LogP contribution in [0.25, 0.3) is 0 Å². The van der Waals surface area contributed by atoms with Crippen molar-refractivity contribution in [1.82, 2.24) is 0 Å². The summed E-state index contributed by atoms with van der Waals surface area (Å²) in [6, 6.07) is 3.52. The Morgan fingerprint density at radius 2 is 1.15 bits per heavy atom. The van der Waals surface area contributed by atoms with Gasteiger partial charge in [-0.15, -0.1) is 0 Å². The van der Waals surface area contributed by atoms with Gasteiger partial charge >= 0.3 is 41.8 Å². The van der Waals surface area contributed by atoms with Crippen LogP contribution in [-0.2, 0) is 15.1 Å². The number of carbonyl (C=O) groups is 1. The van der Waals surface area contributed by atoms with Crippen LogP contribution in [0, 0.1) is 0 Å². The van der Waals surface area contributed by atoms with Crippen molar-refractivity contribution >= 4 is 5.97 Å². The molecule has 0 heterocycles. The normalized spacial score (nSPS) is 16.2. The van der Waals surface area contributed by atoms with E-state index >= 15 is 0 Å². The van der Waals surface area contributed by atoms with Gasteiger partial charge in [0.1, 0.15) is 5.75 Å². The van der Waals surface area contributed by atoms with Crippen LogP contribution in [0.15, 0.2) is 24.3 Å². The third-order valence-electron chi connectivity index (χ3n) is 4.73. The first-order valence-corrected chi connectivity index (χ1v) is 8.71. The van der Waals surface area contributed by atoms with Crippen LogP contribution in [0.3, 0.4) is 0 Å². The fraction of sp³-hybridized carbons (Fsp3) is 0.611. The minimum atomic E-state index is -7.97. The summed E-state index contributed by atoms with van der Waals surface area (Å²) in [6.45, 7) is 1.58. The first-order chi connectivity index (χ1) is 14.9. The van der Waals surface area contributed by atoms with E-state index in [2.05, 4.69) is 9.47 Å². The molecule has 1 unspecified atom stereocenters. The summed E-state index contributed by atoms with van der Waals surface area (Å²) >= 11 is 0. The molecule has 0 amide bonds. The fourth-order valence-corrected chi connectivity index (χ4v) is 2.67. The second-order valence-electron chi connectivity index (χ2n) is 7.23. The van der Waals surface area contributed by atoms with Crippen molar-refractivity contribution in [2.24, 2.45) is 0 Å². The Kier molecular flexibility index (Phi) is 7.66. The summed E-state index contributed by atoms with van der Waals surface area (Å²) in [5, 5.41) is 0. The molecule has 0 aromatic heterocycles. The van der Waals surface area contributed by atoms with Gasteiger partial charge in [0.25, 0.3) is 0 Å². The Bertz CT molecular complexity index is 878. The van der Waals surface area contributed by atoms with Gasteiger partial charge in [-0.3, -0.25) is 4.79 Å². The van der Waals surface area contributed by atoms with Gasteiger partial charge in [0.2, 0.25) is 0 Å². The maximum Gasteiger partial charge on any atom is 0.460 e. The van der Waals surface area contributed by atoms with Crippen LogP contribution < -0.4 is 4.74 Å². The lowest BCUT2D eigenvalue weighted by atomic mass is 9.84. The molecular formula is C18H15F13O3. The Hall–Kier alpha value is -2.26. The highest BCUT2D eigenvalue weighted by Gasteiger charge is 2.90. The largest absolute Gasteiger partial charge is 0.460 e. The van der Waals surface area contributed by atoms with E-state index in [-0.39, 0.29) is 5.75 Å². The van der Waals surface area contributed by atoms with Crippen molar-refractivity contribution in [3.63, 3.8) is 0 Å². The van der Waals surface area contributed by atoms with Gasteiger partial charge < -0.3 is 9.47 Å². The van der Waals surface area contributed by atoms with Crippen molar-refractivity contribution in [1.29, 1.82) is 0 Å². The van der Waals surface area contributed by atoms with Gasteiger partial charge in [-0.1, -0.05) is 12.1 Å². The maximum atomic E-state index is 14.3. The molecule has 0 N–H and O–H groups in total. The number of benzene rings is 1. The number of esters is 1. The van der Waals surface area contributed by atoms with E-state index in [0.29, 0.717) is 14.0 Å². The van der Waals surface area contributed by atoms with E-state index in [4.69, 9.17) is 0 Å². The number of hydrogen-bond donors (Lipinski definition) is 0. The van der Waals surface area contributed by atoms with E-state index in [9.17, 15) is 61.9 Å². The zero-order valence-electron chi connectivity index (χ0n) is 17.2. The molecule has 1 aromatic rings. The molecule has 34 heavy (non-hydrogen) atoms. The molecule has 0 saturated heterocycles. The first-order valence-electron chi connectivity index (χ1n) is 8.71. The molecule has 196 valence electrons. The van der Waals surface area contributed by atoms with Gasteiger partial charge in [-0.25, -0.2) is 0 Å². The second kappa shape index (κ2) is 8.75. The van der Waals surface area contributed by atoms with Gasteiger partial charge in [0, 0.05) is 14.0 Å². The SMILES string of the molecule is COC(C)(CC(F)(F)C(F)(F)C(F)(F)C(F)(F)C(F)(F)C(F)(F)F)c1ccc(OC(C)=O)cc1. The zero-order chi connectivity index (χ0) is 27.2. The average molecular weight is 526 g/mol. The van der Waals surface area contributed by atoms with Crippen LogP contribution in [-0.4, -0.2) is 48.9 Å². The number of hydrogen-bond acceptors (Lipinski definition) is 3. The maximum absolute atomic E-state index is 14.3. The van der Waals surface area contributed by atoms with E-state index in [0.717, 1.165) is 31.2 Å². The monoisotopic (exact) mass is 526 g/mol. The summed E-state index contributed by atoms with van der Waals surface area (Å²) < 4.78 is 182. The summed E-state index contributed by atoms with van der Waals surface area (Å²) in [5.41, 5.74) is -3.18. The molecule has 0 saturated carbocycles. The van der Waals surface area contributed by atoms with E-state index in [1.807, 2.05) is 0 Å². The molecule has 0 fully saturated rings. The molecule has 16 heteroatoms. The predicted molar refractivity (Wildman–Crippen MR) is 87.5 cm³/mol. The smallest absolute Gasteiger partial charge is 0.427 e. The fourth-order valence-electron chi connectivity index (χ4n) is 2.67. The number of alkyl halides is 13. The predicted octanol–water partition coefficient (Wildman–Crippen LogP) is 6.60. The van der Waals surface area contributed by atoms with Gasteiger partial charge in [0.05, 0.1) is 12.0 Å². The van der Waals surface area contributed by atoms with Gasteiger partial charge in [-0.05, 0) is 24.6 Å². The summed E-state index contributed by atoms with van der Waals surface area (Å²) in [5.74, 6) is -38.4. The van der Waals surface area contributed by atoms with Crippen LogP contribution >= 0.6 is 0 Å². The Morgan fingerprint density at radius 1 is 0.735 bits per heavy atom. The van der Waals surface area contributed by atoms with E-state index in [1.165, 1.54) is 0 Å². The number of rotatable bonds is 9. The van der Waals surface area contributed by atoms with Crippen LogP contribution in [0.4, 0.5) is 57.1 Å². The Labute approximate surface area is 182 Å². The molecule has 0 radical (unpaired) electrons. The molecule has 3 nitrogen and oxygen atoms in total. The lowest BCUT2D eigenvalue weighted by molar-refractivity contribution is -0.441. The topological polar surface area (TPSA) is 35.5 Å². The highest BCUT2D eigenvalue weighted by Crippen LogP contribution is 2.61. The van der Waals surface area contributed by atoms with Crippen molar-refractivity contribution in [2.75, 3.05) is 7.11 Å². The third-order valence-corrected chi connectivity index (χ3v) is 4.73. The summed E-state index contributed by atoms with van der Waals surface area (Å²) in [4.78, 5) is 10.9. The minimum absolute atomic E-state index is 0.188. The molecule has 1 atom stereocenters. The molecule has 0 aliphatic heterocycles. The number of halogens is 13. The van der Waals surface area contributed by atoms with E-state index in [1.54, 1.807) is 0 Å². The zero-order valence-corrected chi connectivity index (χ0v) is 17.2. The van der Waals surface area contributed by atoms with Crippen molar-refractivity contribution < 1.29 is 71.3 Å². The quantitative estimate of drug-likeness (QED) is 0.207. The summed E-state index contributed by atoms with van der Waals surface area (Å²) in [6.07, 6.45) is -10.0. The van der Waals surface area contributed by atoms with Crippen molar-refractivity contribution in [3.05, 3.63) is 29.8 Å². The molecule has 1 rings (SSSR count). The minimum Gasteiger partial charge on any atom is -0.427 e. The Balaban J connectivity index is 3.45. The molecule has 0 spiro atoms. The molecule has 0 aliphatic carbocycles. The standard InChI is InChI=1S/C18H15F13O3/c1-9(32)34-11-6-4-10(5-7-11)12(2,33-3)8-13(19,20)14(21,22)15(23,24)16(25,26)17(27,28)18(29,30)31/h4-7H,8H2,1-3H3. The molecule has 1 aromatic carbocycles. The highest BCUT2D eigenvalue weighted by atomic mass is 19.4. The Morgan fingerprint density at radius 3 is 1.50 bits per heavy atom. The molecule has 0 bridgehead atoms. The lowest BCUT2D eigenvalue weighted by Gasteiger charge is -2.42. The van der Waals surface area contributed by atoms with E-state index < -0.39 is 59.3 Å². The summed E-state index contributed by atoms with van der Waals surface area (Å²) in [7, 11) is 0.610. The van der Waals surface area contributed by atoms with Crippen molar-refractivity contribution in [3.8, 4) is 5.75 Å². The number of carbonyl (C=O) groups excluding carboxylic acids is 1. The van der Waals surface area contributed by atoms with Crippen LogP contribution in [0.2, 0.25) is 0 Å². The van der Waals surface area contributed by atoms with Gasteiger partial charge in [-0.2, -0.15) is 57.1 Å². The second-order valence-corrected chi connectivity index (χ2v) is 7.23. The first kappa shape index (κ1) is 29.8. The van der Waals surface area contributed by atoms with Crippen LogP contribution in [0.5, 0.6) is 5.75 Å². The lowest BCUT2D eigenvalue weighted by Crippen LogP contribution is -2.70. The van der Waals surface area contributed by atoms with Crippen molar-refractivity contribution in [2.45, 2.75) is 61.7 Å². The number of methoxy groups -OCH3 is 1. The highest BCUT2D eigenvalue weighted by molar-refractivity contribution is 5.69. The third kappa shape index (κ3) is 4.77. The number of ether oxygens (including phenoxy) is 2. The van der Waals surface area contributed by atoms with Gasteiger partial charge in [0.15, 0.2) is 0 Å².